The maximum absolute atomic E-state index is 4.42. The topological polar surface area (TPSA) is 66.0 Å². The third-order valence-electron chi connectivity index (χ3n) is 3.26. The quantitative estimate of drug-likeness (QED) is 0.730. The second-order valence-corrected chi connectivity index (χ2v) is 5.42. The average molecular weight is 300 g/mol. The third kappa shape index (κ3) is 5.29. The molecule has 0 aliphatic heterocycles. The summed E-state index contributed by atoms with van der Waals surface area (Å²) in [6.45, 7) is 4.00. The molecular formula is C16H24N6. The van der Waals surface area contributed by atoms with Gasteiger partial charge in [0.1, 0.15) is 0 Å². The largest absolute Gasteiger partial charge is 0.353 e. The van der Waals surface area contributed by atoms with E-state index in [-0.39, 0.29) is 0 Å². The van der Waals surface area contributed by atoms with E-state index in [4.69, 9.17) is 0 Å². The minimum Gasteiger partial charge on any atom is -0.353 e. The van der Waals surface area contributed by atoms with E-state index in [0.29, 0.717) is 11.8 Å². The predicted molar refractivity (Wildman–Crippen MR) is 90.6 cm³/mol. The van der Waals surface area contributed by atoms with Gasteiger partial charge in [0.05, 0.1) is 6.20 Å². The highest BCUT2D eigenvalue weighted by molar-refractivity contribution is 5.56. The van der Waals surface area contributed by atoms with Crippen molar-refractivity contribution in [2.75, 3.05) is 37.8 Å². The van der Waals surface area contributed by atoms with Crippen LogP contribution in [-0.4, -0.2) is 47.3 Å². The van der Waals surface area contributed by atoms with E-state index >= 15 is 0 Å². The first kappa shape index (κ1) is 16.2. The third-order valence-corrected chi connectivity index (χ3v) is 3.26. The molecule has 0 saturated carbocycles. The Hall–Kier alpha value is -2.21. The number of benzene rings is 1. The summed E-state index contributed by atoms with van der Waals surface area (Å²) in [5.74, 6) is 1.24. The van der Waals surface area contributed by atoms with Crippen molar-refractivity contribution in [1.82, 2.24) is 20.1 Å². The maximum Gasteiger partial charge on any atom is 0.244 e. The Kier molecular flexibility index (Phi) is 6.09. The fourth-order valence-electron chi connectivity index (χ4n) is 2.01. The molecule has 1 heterocycles. The Labute approximate surface area is 132 Å². The molecule has 0 fully saturated rings. The van der Waals surface area contributed by atoms with Crippen LogP contribution in [0.1, 0.15) is 18.9 Å². The Morgan fingerprint density at radius 1 is 1.14 bits per heavy atom. The van der Waals surface area contributed by atoms with Gasteiger partial charge in [-0.25, -0.2) is 0 Å². The summed E-state index contributed by atoms with van der Waals surface area (Å²) >= 11 is 0. The number of nitrogens with one attached hydrogen (secondary N) is 2. The fraction of sp³-hybridized carbons (Fsp3) is 0.438. The van der Waals surface area contributed by atoms with Gasteiger partial charge >= 0.3 is 0 Å². The van der Waals surface area contributed by atoms with E-state index in [1.165, 1.54) is 5.56 Å². The molecule has 1 aromatic heterocycles. The molecule has 1 aromatic carbocycles. The summed E-state index contributed by atoms with van der Waals surface area (Å²) in [5.41, 5.74) is 2.31. The molecule has 0 aliphatic rings. The van der Waals surface area contributed by atoms with Crippen LogP contribution < -0.4 is 10.6 Å². The molecule has 0 radical (unpaired) electrons. The molecular weight excluding hydrogens is 276 g/mol. The van der Waals surface area contributed by atoms with Crippen LogP contribution in [-0.2, 0) is 6.42 Å². The van der Waals surface area contributed by atoms with Crippen molar-refractivity contribution in [2.24, 2.45) is 0 Å². The zero-order chi connectivity index (χ0) is 15.8. The number of hydrogen-bond acceptors (Lipinski definition) is 6. The number of nitrogens with zero attached hydrogens (tertiary/aromatic N) is 4. The molecule has 22 heavy (non-hydrogen) atoms. The maximum atomic E-state index is 4.42. The summed E-state index contributed by atoms with van der Waals surface area (Å²) in [6, 6.07) is 8.31. The van der Waals surface area contributed by atoms with E-state index in [1.807, 2.05) is 12.1 Å². The van der Waals surface area contributed by atoms with Crippen LogP contribution in [0, 0.1) is 0 Å². The van der Waals surface area contributed by atoms with Gasteiger partial charge in [-0.05, 0) is 51.2 Å². The highest BCUT2D eigenvalue weighted by Gasteiger charge is 2.01. The van der Waals surface area contributed by atoms with Crippen LogP contribution >= 0.6 is 0 Å². The first-order chi connectivity index (χ1) is 10.7. The number of aromatic nitrogens is 3. The molecule has 0 saturated heterocycles. The SMILES string of the molecule is CCc1ccc(Nc2cnnc(NCCCN(C)C)n2)cc1. The van der Waals surface area contributed by atoms with E-state index in [9.17, 15) is 0 Å². The van der Waals surface area contributed by atoms with Crippen molar-refractivity contribution in [2.45, 2.75) is 19.8 Å². The zero-order valence-corrected chi connectivity index (χ0v) is 13.5. The van der Waals surface area contributed by atoms with Gasteiger partial charge in [-0.3, -0.25) is 0 Å². The normalized spacial score (nSPS) is 10.7. The molecule has 0 aliphatic carbocycles. The summed E-state index contributed by atoms with van der Waals surface area (Å²) in [6.07, 6.45) is 3.70. The summed E-state index contributed by atoms with van der Waals surface area (Å²) in [5, 5.41) is 14.4. The lowest BCUT2D eigenvalue weighted by atomic mass is 10.1. The van der Waals surface area contributed by atoms with E-state index < -0.39 is 0 Å². The average Bonchev–Trinajstić information content (AvgIpc) is 2.52. The van der Waals surface area contributed by atoms with Crippen molar-refractivity contribution in [3.8, 4) is 0 Å². The lowest BCUT2D eigenvalue weighted by Gasteiger charge is -2.10. The summed E-state index contributed by atoms with van der Waals surface area (Å²) < 4.78 is 0. The van der Waals surface area contributed by atoms with Gasteiger partial charge < -0.3 is 15.5 Å². The second kappa shape index (κ2) is 8.29. The lowest BCUT2D eigenvalue weighted by molar-refractivity contribution is 0.405. The van der Waals surface area contributed by atoms with Gasteiger partial charge in [0.2, 0.25) is 5.95 Å². The van der Waals surface area contributed by atoms with Gasteiger partial charge in [-0.2, -0.15) is 10.1 Å². The lowest BCUT2D eigenvalue weighted by Crippen LogP contribution is -2.17. The van der Waals surface area contributed by atoms with E-state index in [0.717, 1.165) is 31.6 Å². The number of rotatable bonds is 8. The van der Waals surface area contributed by atoms with Crippen LogP contribution in [0.5, 0.6) is 0 Å². The first-order valence-electron chi connectivity index (χ1n) is 7.61. The van der Waals surface area contributed by atoms with Crippen LogP contribution in [0.4, 0.5) is 17.5 Å². The van der Waals surface area contributed by atoms with Crippen molar-refractivity contribution in [3.63, 3.8) is 0 Å². The Morgan fingerprint density at radius 2 is 1.91 bits per heavy atom. The molecule has 6 nitrogen and oxygen atoms in total. The Balaban J connectivity index is 1.90. The van der Waals surface area contributed by atoms with Gasteiger partial charge in [0.15, 0.2) is 5.82 Å². The van der Waals surface area contributed by atoms with Crippen molar-refractivity contribution < 1.29 is 0 Å². The van der Waals surface area contributed by atoms with Gasteiger partial charge in [-0.1, -0.05) is 19.1 Å². The molecule has 2 N–H and O–H groups in total. The highest BCUT2D eigenvalue weighted by atomic mass is 15.3. The van der Waals surface area contributed by atoms with Crippen LogP contribution in [0.15, 0.2) is 30.5 Å². The molecule has 0 spiro atoms. The summed E-state index contributed by atoms with van der Waals surface area (Å²) in [4.78, 5) is 6.57. The molecule has 2 aromatic rings. The molecule has 6 heteroatoms. The van der Waals surface area contributed by atoms with Crippen molar-refractivity contribution in [3.05, 3.63) is 36.0 Å². The van der Waals surface area contributed by atoms with E-state index in [1.54, 1.807) is 6.20 Å². The molecule has 0 atom stereocenters. The zero-order valence-electron chi connectivity index (χ0n) is 13.5. The number of anilines is 3. The van der Waals surface area contributed by atoms with Gasteiger partial charge in [-0.15, -0.1) is 5.10 Å². The second-order valence-electron chi connectivity index (χ2n) is 5.42. The number of hydrogen-bond donors (Lipinski definition) is 2. The molecule has 0 bridgehead atoms. The summed E-state index contributed by atoms with van der Waals surface area (Å²) in [7, 11) is 4.12. The predicted octanol–water partition coefficient (Wildman–Crippen LogP) is 2.54. The molecule has 2 rings (SSSR count). The first-order valence-corrected chi connectivity index (χ1v) is 7.61. The van der Waals surface area contributed by atoms with Gasteiger partial charge in [0, 0.05) is 12.2 Å². The standard InChI is InChI=1S/C16H24N6/c1-4-13-6-8-14(9-7-13)19-15-12-18-21-16(20-15)17-10-5-11-22(2)3/h6-9,12H,4-5,10-11H2,1-3H3,(H2,17,19,20,21). The smallest absolute Gasteiger partial charge is 0.244 e. The monoisotopic (exact) mass is 300 g/mol. The van der Waals surface area contributed by atoms with Crippen LogP contribution in [0.25, 0.3) is 0 Å². The van der Waals surface area contributed by atoms with Crippen molar-refractivity contribution >= 4 is 17.5 Å². The Morgan fingerprint density at radius 3 is 2.59 bits per heavy atom. The molecule has 0 amide bonds. The minimum absolute atomic E-state index is 0.550. The Bertz CT molecular complexity index is 567. The highest BCUT2D eigenvalue weighted by Crippen LogP contribution is 2.15. The van der Waals surface area contributed by atoms with Crippen LogP contribution in [0.2, 0.25) is 0 Å². The van der Waals surface area contributed by atoms with Gasteiger partial charge in [0.25, 0.3) is 0 Å². The minimum atomic E-state index is 0.550. The fourth-order valence-corrected chi connectivity index (χ4v) is 2.01. The molecule has 118 valence electrons. The molecule has 0 unspecified atom stereocenters. The number of aryl methyl sites for hydroxylation is 1. The van der Waals surface area contributed by atoms with Crippen molar-refractivity contribution in [1.29, 1.82) is 0 Å². The van der Waals surface area contributed by atoms with Crippen LogP contribution in [0.3, 0.4) is 0 Å². The van der Waals surface area contributed by atoms with E-state index in [2.05, 4.69) is 63.9 Å².